The fourth-order valence-electron chi connectivity index (χ4n) is 6.49. The van der Waals surface area contributed by atoms with E-state index in [9.17, 15) is 0 Å². The molecule has 1 nitrogen and oxygen atoms in total. The molecule has 3 rings (SSSR count). The lowest BCUT2D eigenvalue weighted by molar-refractivity contribution is -0.224. The summed E-state index contributed by atoms with van der Waals surface area (Å²) in [6, 6.07) is 0. The summed E-state index contributed by atoms with van der Waals surface area (Å²) in [5.74, 6) is 0.864. The van der Waals surface area contributed by atoms with Gasteiger partial charge in [-0.25, -0.2) is 0 Å². The van der Waals surface area contributed by atoms with Crippen molar-refractivity contribution in [2.45, 2.75) is 71.8 Å². The van der Waals surface area contributed by atoms with Gasteiger partial charge in [0.05, 0.1) is 5.60 Å². The minimum atomic E-state index is 0.157. The first-order valence-electron chi connectivity index (χ1n) is 7.37. The zero-order chi connectivity index (χ0) is 12.5. The number of rotatable bonds is 1. The Balaban J connectivity index is 2.19. The van der Waals surface area contributed by atoms with E-state index in [-0.39, 0.29) is 5.60 Å². The van der Waals surface area contributed by atoms with Crippen LogP contribution in [-0.2, 0) is 4.74 Å². The van der Waals surface area contributed by atoms with Crippen LogP contribution in [0.1, 0.15) is 66.2 Å². The molecule has 4 bridgehead atoms. The molecule has 0 spiro atoms. The minimum absolute atomic E-state index is 0.157. The SMILES string of the molecule is CO[C@]12CC(C)(C)[C@@H]3CC[C@@]1(C)CCC[C@@]32C. The predicted octanol–water partition coefficient (Wildman–Crippen LogP) is 4.41. The second kappa shape index (κ2) is 3.10. The average molecular weight is 236 g/mol. The molecular weight excluding hydrogens is 208 g/mol. The van der Waals surface area contributed by atoms with Crippen molar-refractivity contribution < 1.29 is 4.74 Å². The lowest BCUT2D eigenvalue weighted by Gasteiger charge is -2.62. The van der Waals surface area contributed by atoms with E-state index in [4.69, 9.17) is 4.74 Å². The molecular formula is C16H28O. The maximum atomic E-state index is 6.28. The summed E-state index contributed by atoms with van der Waals surface area (Å²) in [5.41, 5.74) is 1.48. The third-order valence-corrected chi connectivity index (χ3v) is 7.07. The zero-order valence-corrected chi connectivity index (χ0v) is 12.2. The van der Waals surface area contributed by atoms with Gasteiger partial charge in [-0.1, -0.05) is 34.1 Å². The molecule has 0 aliphatic heterocycles. The fourth-order valence-corrected chi connectivity index (χ4v) is 6.49. The fraction of sp³-hybridized carbons (Fsp3) is 1.00. The van der Waals surface area contributed by atoms with Crippen molar-refractivity contribution in [1.29, 1.82) is 0 Å². The van der Waals surface area contributed by atoms with Crippen molar-refractivity contribution in [3.63, 3.8) is 0 Å². The summed E-state index contributed by atoms with van der Waals surface area (Å²) in [6.07, 6.45) is 8.23. The van der Waals surface area contributed by atoms with Gasteiger partial charge >= 0.3 is 0 Å². The summed E-state index contributed by atoms with van der Waals surface area (Å²) in [5, 5.41) is 0. The Kier molecular flexibility index (Phi) is 2.19. The van der Waals surface area contributed by atoms with Crippen molar-refractivity contribution in [3.8, 4) is 0 Å². The highest BCUT2D eigenvalue weighted by Crippen LogP contribution is 2.75. The number of hydrogen-bond donors (Lipinski definition) is 0. The van der Waals surface area contributed by atoms with E-state index < -0.39 is 0 Å². The van der Waals surface area contributed by atoms with Gasteiger partial charge in [-0.2, -0.15) is 0 Å². The van der Waals surface area contributed by atoms with Crippen molar-refractivity contribution in [3.05, 3.63) is 0 Å². The average Bonchev–Trinajstić information content (AvgIpc) is 2.32. The highest BCUT2D eigenvalue weighted by Gasteiger charge is 2.73. The summed E-state index contributed by atoms with van der Waals surface area (Å²) in [7, 11) is 1.98. The van der Waals surface area contributed by atoms with Crippen molar-refractivity contribution in [1.82, 2.24) is 0 Å². The predicted molar refractivity (Wildman–Crippen MR) is 70.9 cm³/mol. The van der Waals surface area contributed by atoms with Crippen LogP contribution in [0.2, 0.25) is 0 Å². The Morgan fingerprint density at radius 1 is 1.00 bits per heavy atom. The molecule has 0 aromatic carbocycles. The van der Waals surface area contributed by atoms with Crippen LogP contribution in [0.5, 0.6) is 0 Å². The molecule has 0 aromatic heterocycles. The minimum Gasteiger partial charge on any atom is -0.377 e. The maximum Gasteiger partial charge on any atom is 0.0793 e. The Hall–Kier alpha value is -0.0400. The van der Waals surface area contributed by atoms with Crippen molar-refractivity contribution >= 4 is 0 Å². The van der Waals surface area contributed by atoms with Crippen molar-refractivity contribution in [2.75, 3.05) is 7.11 Å². The van der Waals surface area contributed by atoms with Gasteiger partial charge in [0.1, 0.15) is 0 Å². The summed E-state index contributed by atoms with van der Waals surface area (Å²) >= 11 is 0. The van der Waals surface area contributed by atoms with E-state index in [1.54, 1.807) is 0 Å². The quantitative estimate of drug-likeness (QED) is 0.655. The van der Waals surface area contributed by atoms with E-state index in [0.717, 1.165) is 5.92 Å². The van der Waals surface area contributed by atoms with Gasteiger partial charge in [0.25, 0.3) is 0 Å². The first-order chi connectivity index (χ1) is 7.81. The van der Waals surface area contributed by atoms with E-state index in [2.05, 4.69) is 27.7 Å². The van der Waals surface area contributed by atoms with Gasteiger partial charge in [-0.15, -0.1) is 0 Å². The molecule has 3 saturated carbocycles. The Bertz CT molecular complexity index is 347. The van der Waals surface area contributed by atoms with E-state index in [1.165, 1.54) is 38.5 Å². The molecule has 1 heteroatoms. The van der Waals surface area contributed by atoms with Crippen LogP contribution < -0.4 is 0 Å². The number of hydrogen-bond acceptors (Lipinski definition) is 1. The van der Waals surface area contributed by atoms with Gasteiger partial charge in [0, 0.05) is 12.5 Å². The standard InChI is InChI=1S/C16H28O/c1-13(2)11-16(17-5)14(3)8-6-9-15(16,4)12(13)7-10-14/h12H,6-11H2,1-5H3/t12-,14+,15-,16+/m0/s1. The van der Waals surface area contributed by atoms with Gasteiger partial charge < -0.3 is 4.74 Å². The number of ether oxygens (including phenoxy) is 1. The van der Waals surface area contributed by atoms with Crippen LogP contribution in [-0.4, -0.2) is 12.7 Å². The van der Waals surface area contributed by atoms with Crippen LogP contribution in [0.25, 0.3) is 0 Å². The highest BCUT2D eigenvalue weighted by molar-refractivity contribution is 5.23. The molecule has 3 aliphatic carbocycles. The lowest BCUT2D eigenvalue weighted by Crippen LogP contribution is -2.62. The Morgan fingerprint density at radius 3 is 2.29 bits per heavy atom. The monoisotopic (exact) mass is 236 g/mol. The summed E-state index contributed by atoms with van der Waals surface area (Å²) in [4.78, 5) is 0. The molecule has 4 atom stereocenters. The van der Waals surface area contributed by atoms with Gasteiger partial charge in [0.2, 0.25) is 0 Å². The molecule has 3 fully saturated rings. The van der Waals surface area contributed by atoms with Gasteiger partial charge in [0.15, 0.2) is 0 Å². The molecule has 0 N–H and O–H groups in total. The molecule has 0 saturated heterocycles. The first-order valence-corrected chi connectivity index (χ1v) is 7.37. The third-order valence-electron chi connectivity index (χ3n) is 7.07. The topological polar surface area (TPSA) is 9.23 Å². The Labute approximate surface area is 106 Å². The van der Waals surface area contributed by atoms with E-state index >= 15 is 0 Å². The van der Waals surface area contributed by atoms with Gasteiger partial charge in [-0.3, -0.25) is 0 Å². The van der Waals surface area contributed by atoms with Crippen LogP contribution in [0, 0.1) is 22.2 Å². The smallest absolute Gasteiger partial charge is 0.0793 e. The highest BCUT2D eigenvalue weighted by atomic mass is 16.5. The van der Waals surface area contributed by atoms with E-state index in [0.29, 0.717) is 16.2 Å². The Morgan fingerprint density at radius 2 is 1.71 bits per heavy atom. The molecule has 0 radical (unpaired) electrons. The van der Waals surface area contributed by atoms with Crippen LogP contribution >= 0.6 is 0 Å². The molecule has 98 valence electrons. The first kappa shape index (κ1) is 12.0. The molecule has 0 aromatic rings. The zero-order valence-electron chi connectivity index (χ0n) is 12.2. The van der Waals surface area contributed by atoms with Crippen LogP contribution in [0.3, 0.4) is 0 Å². The number of methoxy groups -OCH3 is 1. The van der Waals surface area contributed by atoms with Crippen molar-refractivity contribution in [2.24, 2.45) is 22.2 Å². The van der Waals surface area contributed by atoms with Crippen LogP contribution in [0.4, 0.5) is 0 Å². The normalized spacial score (nSPS) is 55.9. The molecule has 17 heavy (non-hydrogen) atoms. The van der Waals surface area contributed by atoms with Crippen LogP contribution in [0.15, 0.2) is 0 Å². The second-order valence-corrected chi connectivity index (χ2v) is 8.12. The molecule has 0 heterocycles. The lowest BCUT2D eigenvalue weighted by atomic mass is 9.46. The third kappa shape index (κ3) is 1.11. The molecule has 0 amide bonds. The summed E-state index contributed by atoms with van der Waals surface area (Å²) < 4.78 is 6.28. The summed E-state index contributed by atoms with van der Waals surface area (Å²) in [6.45, 7) is 10.00. The largest absolute Gasteiger partial charge is 0.377 e. The van der Waals surface area contributed by atoms with Gasteiger partial charge in [-0.05, 0) is 48.9 Å². The van der Waals surface area contributed by atoms with E-state index in [1.807, 2.05) is 7.11 Å². The second-order valence-electron chi connectivity index (χ2n) is 8.12. The maximum absolute atomic E-state index is 6.28. The molecule has 0 unspecified atom stereocenters. The molecule has 3 aliphatic rings.